The number of carboxylic acids is 1. The number of urea groups is 1. The standard InChI is InChI=1S/C12H23N3O4/c16-11(17)5-3-1-2-4-6-13-12(18)14-15-7-9-19-10-8-15/h1-10H2,(H,16,17)(H2,13,14,18). The molecule has 0 atom stereocenters. The lowest BCUT2D eigenvalue weighted by Gasteiger charge is -2.26. The van der Waals surface area contributed by atoms with Gasteiger partial charge in [0.25, 0.3) is 0 Å². The molecule has 0 aliphatic carbocycles. The average Bonchev–Trinajstić information content (AvgIpc) is 2.38. The van der Waals surface area contributed by atoms with Crippen LogP contribution < -0.4 is 10.7 Å². The van der Waals surface area contributed by atoms with E-state index in [-0.39, 0.29) is 12.5 Å². The number of carbonyl (C=O) groups is 2. The van der Waals surface area contributed by atoms with Crippen molar-refractivity contribution in [2.24, 2.45) is 0 Å². The van der Waals surface area contributed by atoms with Crippen LogP contribution in [-0.2, 0) is 9.53 Å². The second-order valence-electron chi connectivity index (χ2n) is 4.53. The van der Waals surface area contributed by atoms with Gasteiger partial charge in [0.1, 0.15) is 0 Å². The van der Waals surface area contributed by atoms with Crippen LogP contribution in [0.2, 0.25) is 0 Å². The second kappa shape index (κ2) is 9.57. The van der Waals surface area contributed by atoms with Gasteiger partial charge in [-0.25, -0.2) is 9.80 Å². The lowest BCUT2D eigenvalue weighted by Crippen LogP contribution is -2.51. The maximum absolute atomic E-state index is 11.5. The number of amides is 2. The predicted octanol–water partition coefficient (Wildman–Crippen LogP) is 0.568. The number of aliphatic carboxylic acids is 1. The molecule has 1 rings (SSSR count). The van der Waals surface area contributed by atoms with Crippen LogP contribution in [0.5, 0.6) is 0 Å². The first kappa shape index (κ1) is 15.7. The Morgan fingerprint density at radius 1 is 1.11 bits per heavy atom. The lowest BCUT2D eigenvalue weighted by atomic mass is 10.1. The van der Waals surface area contributed by atoms with Gasteiger partial charge < -0.3 is 15.2 Å². The van der Waals surface area contributed by atoms with Crippen LogP contribution in [0.1, 0.15) is 32.1 Å². The van der Waals surface area contributed by atoms with Crippen molar-refractivity contribution in [3.63, 3.8) is 0 Å². The van der Waals surface area contributed by atoms with Gasteiger partial charge in [-0.15, -0.1) is 0 Å². The van der Waals surface area contributed by atoms with Crippen molar-refractivity contribution in [2.75, 3.05) is 32.8 Å². The van der Waals surface area contributed by atoms with Crippen molar-refractivity contribution in [1.29, 1.82) is 0 Å². The van der Waals surface area contributed by atoms with E-state index in [1.807, 2.05) is 5.01 Å². The number of ether oxygens (including phenoxy) is 1. The molecule has 0 bridgehead atoms. The third-order valence-corrected chi connectivity index (χ3v) is 2.87. The summed E-state index contributed by atoms with van der Waals surface area (Å²) in [6.45, 7) is 3.32. The van der Waals surface area contributed by atoms with Crippen molar-refractivity contribution >= 4 is 12.0 Å². The molecule has 1 aliphatic heterocycles. The van der Waals surface area contributed by atoms with Crippen LogP contribution in [0.25, 0.3) is 0 Å². The van der Waals surface area contributed by atoms with Gasteiger partial charge in [0, 0.05) is 26.1 Å². The molecule has 1 saturated heterocycles. The lowest BCUT2D eigenvalue weighted by molar-refractivity contribution is -0.137. The molecule has 3 N–H and O–H groups in total. The largest absolute Gasteiger partial charge is 0.481 e. The second-order valence-corrected chi connectivity index (χ2v) is 4.53. The summed E-state index contributed by atoms with van der Waals surface area (Å²) < 4.78 is 5.18. The quantitative estimate of drug-likeness (QED) is 0.562. The minimum absolute atomic E-state index is 0.188. The van der Waals surface area contributed by atoms with Crippen LogP contribution in [0, 0.1) is 0 Å². The molecule has 7 nitrogen and oxygen atoms in total. The Morgan fingerprint density at radius 3 is 2.47 bits per heavy atom. The highest BCUT2D eigenvalue weighted by Gasteiger charge is 2.12. The monoisotopic (exact) mass is 273 g/mol. The van der Waals surface area contributed by atoms with Gasteiger partial charge in [0.05, 0.1) is 13.2 Å². The van der Waals surface area contributed by atoms with E-state index in [4.69, 9.17) is 9.84 Å². The van der Waals surface area contributed by atoms with E-state index in [1.165, 1.54) is 0 Å². The fourth-order valence-corrected chi connectivity index (χ4v) is 1.81. The van der Waals surface area contributed by atoms with E-state index in [0.29, 0.717) is 39.3 Å². The zero-order valence-electron chi connectivity index (χ0n) is 11.2. The molecule has 0 spiro atoms. The predicted molar refractivity (Wildman–Crippen MR) is 69.6 cm³/mol. The topological polar surface area (TPSA) is 90.9 Å². The summed E-state index contributed by atoms with van der Waals surface area (Å²) in [5.74, 6) is -0.747. The molecule has 0 aromatic carbocycles. The van der Waals surface area contributed by atoms with E-state index < -0.39 is 5.97 Å². The summed E-state index contributed by atoms with van der Waals surface area (Å²) in [5.41, 5.74) is 2.76. The van der Waals surface area contributed by atoms with Gasteiger partial charge >= 0.3 is 12.0 Å². The molecule has 1 heterocycles. The molecule has 0 aromatic rings. The van der Waals surface area contributed by atoms with E-state index >= 15 is 0 Å². The number of rotatable bonds is 8. The Balaban J connectivity index is 1.90. The van der Waals surface area contributed by atoms with Crippen LogP contribution >= 0.6 is 0 Å². The molecule has 7 heteroatoms. The van der Waals surface area contributed by atoms with Gasteiger partial charge in [-0.2, -0.15) is 0 Å². The summed E-state index contributed by atoms with van der Waals surface area (Å²) in [4.78, 5) is 21.8. The molecule has 0 saturated carbocycles. The number of hydrogen-bond acceptors (Lipinski definition) is 4. The fraction of sp³-hybridized carbons (Fsp3) is 0.833. The Morgan fingerprint density at radius 2 is 1.79 bits per heavy atom. The smallest absolute Gasteiger partial charge is 0.329 e. The minimum atomic E-state index is -0.747. The molecule has 0 unspecified atom stereocenters. The highest BCUT2D eigenvalue weighted by atomic mass is 16.5. The van der Waals surface area contributed by atoms with E-state index in [9.17, 15) is 9.59 Å². The number of hydrogen-bond donors (Lipinski definition) is 3. The SMILES string of the molecule is O=C(O)CCCCCCNC(=O)NN1CCOCC1. The number of nitrogens with zero attached hydrogens (tertiary/aromatic N) is 1. The van der Waals surface area contributed by atoms with Gasteiger partial charge in [-0.1, -0.05) is 12.8 Å². The molecule has 2 amide bonds. The maximum Gasteiger partial charge on any atom is 0.329 e. The Kier molecular flexibility index (Phi) is 7.92. The van der Waals surface area contributed by atoms with Crippen molar-refractivity contribution in [3.05, 3.63) is 0 Å². The van der Waals surface area contributed by atoms with Crippen molar-refractivity contribution < 1.29 is 19.4 Å². The number of nitrogens with one attached hydrogen (secondary N) is 2. The maximum atomic E-state index is 11.5. The summed E-state index contributed by atoms with van der Waals surface area (Å²) in [6, 6.07) is -0.188. The normalized spacial score (nSPS) is 16.0. The first-order valence-corrected chi connectivity index (χ1v) is 6.77. The molecule has 1 aliphatic rings. The first-order chi connectivity index (χ1) is 9.18. The first-order valence-electron chi connectivity index (χ1n) is 6.77. The molecular formula is C12H23N3O4. The van der Waals surface area contributed by atoms with Crippen molar-refractivity contribution in [2.45, 2.75) is 32.1 Å². The van der Waals surface area contributed by atoms with Gasteiger partial charge in [0.2, 0.25) is 0 Å². The summed E-state index contributed by atoms with van der Waals surface area (Å²) in [5, 5.41) is 13.1. The summed E-state index contributed by atoms with van der Waals surface area (Å²) >= 11 is 0. The van der Waals surface area contributed by atoms with Crippen LogP contribution in [0.3, 0.4) is 0 Å². The number of carboxylic acid groups (broad SMARTS) is 1. The molecule has 110 valence electrons. The zero-order valence-corrected chi connectivity index (χ0v) is 11.2. The highest BCUT2D eigenvalue weighted by molar-refractivity contribution is 5.73. The summed E-state index contributed by atoms with van der Waals surface area (Å²) in [7, 11) is 0. The van der Waals surface area contributed by atoms with Crippen molar-refractivity contribution in [3.8, 4) is 0 Å². The molecular weight excluding hydrogens is 250 g/mol. The van der Waals surface area contributed by atoms with Crippen LogP contribution in [-0.4, -0.2) is 55.0 Å². The molecule has 1 fully saturated rings. The Bertz CT molecular complexity index is 280. The fourth-order valence-electron chi connectivity index (χ4n) is 1.81. The van der Waals surface area contributed by atoms with E-state index in [2.05, 4.69) is 10.7 Å². The molecule has 0 aromatic heterocycles. The number of unbranched alkanes of at least 4 members (excludes halogenated alkanes) is 3. The molecule has 0 radical (unpaired) electrons. The Hall–Kier alpha value is -1.34. The van der Waals surface area contributed by atoms with Gasteiger partial charge in [-0.05, 0) is 12.8 Å². The average molecular weight is 273 g/mol. The summed E-state index contributed by atoms with van der Waals surface area (Å²) in [6.07, 6.45) is 3.63. The zero-order chi connectivity index (χ0) is 13.9. The molecule has 19 heavy (non-hydrogen) atoms. The minimum Gasteiger partial charge on any atom is -0.481 e. The number of carbonyl (C=O) groups excluding carboxylic acids is 1. The van der Waals surface area contributed by atoms with Crippen molar-refractivity contribution in [1.82, 2.24) is 15.8 Å². The highest BCUT2D eigenvalue weighted by Crippen LogP contribution is 2.02. The third kappa shape index (κ3) is 8.39. The van der Waals surface area contributed by atoms with Crippen LogP contribution in [0.15, 0.2) is 0 Å². The van der Waals surface area contributed by atoms with Gasteiger partial charge in [0.15, 0.2) is 0 Å². The van der Waals surface area contributed by atoms with E-state index in [1.54, 1.807) is 0 Å². The Labute approximate surface area is 113 Å². The number of morpholine rings is 1. The number of hydrazine groups is 1. The van der Waals surface area contributed by atoms with Crippen LogP contribution in [0.4, 0.5) is 4.79 Å². The van der Waals surface area contributed by atoms with Gasteiger partial charge in [-0.3, -0.25) is 10.2 Å². The van der Waals surface area contributed by atoms with E-state index in [0.717, 1.165) is 19.3 Å². The third-order valence-electron chi connectivity index (χ3n) is 2.87.